The van der Waals surface area contributed by atoms with Gasteiger partial charge in [0, 0.05) is 12.8 Å². The number of carbonyl (C=O) groups excluding carboxylic acids is 2. The number of hydrogen-bond donors (Lipinski definition) is 0. The molecule has 0 aromatic heterocycles. The van der Waals surface area contributed by atoms with Gasteiger partial charge in [0.15, 0.2) is 6.10 Å². The maximum atomic E-state index is 12.7. The van der Waals surface area contributed by atoms with E-state index < -0.39 is 26.5 Å². The second-order valence-electron chi connectivity index (χ2n) is 18.9. The predicted octanol–water partition coefficient (Wildman–Crippen LogP) is 15.2. The lowest BCUT2D eigenvalue weighted by atomic mass is 10.0. The van der Waals surface area contributed by atoms with Gasteiger partial charge in [-0.25, -0.2) is 0 Å². The van der Waals surface area contributed by atoms with Crippen LogP contribution in [0.3, 0.4) is 0 Å². The van der Waals surface area contributed by atoms with E-state index in [-0.39, 0.29) is 32.0 Å². The number of likely N-dealkylation sites (N-methyl/N-ethyl adjacent to an activating group) is 1. The number of phosphoric ester groups is 1. The molecule has 2 atom stereocenters. The number of hydrogen-bond acceptors (Lipinski definition) is 8. The van der Waals surface area contributed by atoms with E-state index in [0.717, 1.165) is 64.2 Å². The van der Waals surface area contributed by atoms with Crippen LogP contribution in [0.1, 0.15) is 232 Å². The van der Waals surface area contributed by atoms with E-state index in [0.29, 0.717) is 17.4 Å². The van der Waals surface area contributed by atoms with Crippen molar-refractivity contribution in [2.45, 2.75) is 238 Å². The van der Waals surface area contributed by atoms with Gasteiger partial charge in [0.2, 0.25) is 0 Å². The number of carbonyl (C=O) groups is 2. The molecule has 374 valence electrons. The van der Waals surface area contributed by atoms with Crippen molar-refractivity contribution in [3.63, 3.8) is 0 Å². The summed E-state index contributed by atoms with van der Waals surface area (Å²) >= 11 is 0. The van der Waals surface area contributed by atoms with Gasteiger partial charge in [0.1, 0.15) is 19.8 Å². The Kier molecular flexibility index (Phi) is 44.6. The Bertz CT molecular complexity index is 1230. The molecule has 0 saturated heterocycles. The molecular formula is C54H100NO8P. The third-order valence-electron chi connectivity index (χ3n) is 11.4. The quantitative estimate of drug-likeness (QED) is 0.0195. The zero-order valence-electron chi connectivity index (χ0n) is 42.2. The number of unbranched alkanes of at least 4 members (excludes halogenated alkanes) is 26. The van der Waals surface area contributed by atoms with Crippen LogP contribution in [0, 0.1) is 0 Å². The molecule has 0 aliphatic heterocycles. The first-order valence-electron chi connectivity index (χ1n) is 26.3. The number of nitrogens with zero attached hydrogens (tertiary/aromatic N) is 1. The van der Waals surface area contributed by atoms with Gasteiger partial charge in [0.05, 0.1) is 27.7 Å². The molecule has 0 heterocycles. The minimum absolute atomic E-state index is 0.0299. The molecule has 0 radical (unpaired) electrons. The van der Waals surface area contributed by atoms with Gasteiger partial charge >= 0.3 is 11.9 Å². The molecule has 2 unspecified atom stereocenters. The third-order valence-corrected chi connectivity index (χ3v) is 12.3. The van der Waals surface area contributed by atoms with Crippen LogP contribution in [0.25, 0.3) is 0 Å². The number of ether oxygens (including phenoxy) is 2. The van der Waals surface area contributed by atoms with Crippen LogP contribution >= 0.6 is 7.82 Å². The van der Waals surface area contributed by atoms with Crippen molar-refractivity contribution < 1.29 is 42.1 Å². The first-order valence-corrected chi connectivity index (χ1v) is 27.8. The molecule has 0 bridgehead atoms. The topological polar surface area (TPSA) is 111 Å². The maximum absolute atomic E-state index is 12.7. The summed E-state index contributed by atoms with van der Waals surface area (Å²) in [6, 6.07) is 0. The summed E-state index contributed by atoms with van der Waals surface area (Å²) in [6.45, 7) is 4.14. The Morgan fingerprint density at radius 3 is 1.33 bits per heavy atom. The number of esters is 2. The first kappa shape index (κ1) is 62.0. The van der Waals surface area contributed by atoms with Gasteiger partial charge in [-0.3, -0.25) is 14.2 Å². The Hall–Kier alpha value is -2.03. The molecule has 10 heteroatoms. The van der Waals surface area contributed by atoms with Gasteiger partial charge in [-0.1, -0.05) is 217 Å². The van der Waals surface area contributed by atoms with Gasteiger partial charge in [-0.05, 0) is 51.4 Å². The van der Waals surface area contributed by atoms with Crippen molar-refractivity contribution >= 4 is 19.8 Å². The van der Waals surface area contributed by atoms with Crippen LogP contribution in [0.15, 0.2) is 48.6 Å². The van der Waals surface area contributed by atoms with Gasteiger partial charge in [0.25, 0.3) is 7.82 Å². The van der Waals surface area contributed by atoms with E-state index in [1.54, 1.807) is 0 Å². The second kappa shape index (κ2) is 46.1. The summed E-state index contributed by atoms with van der Waals surface area (Å²) in [7, 11) is 1.17. The SMILES string of the molecule is CC/C=C\C/C=C\C/C=C\C/C=C\CCCCCCCCCCCCCCCCC(=O)OC(COC(=O)CCCCCCCCCCCCCCC)COP(=O)([O-])OCC[N+](C)(C)C. The van der Waals surface area contributed by atoms with Crippen LogP contribution in [-0.2, 0) is 32.7 Å². The number of quaternary nitrogens is 1. The van der Waals surface area contributed by atoms with Crippen molar-refractivity contribution in [1.82, 2.24) is 0 Å². The largest absolute Gasteiger partial charge is 0.756 e. The van der Waals surface area contributed by atoms with Crippen molar-refractivity contribution in [3.8, 4) is 0 Å². The normalized spacial score (nSPS) is 13.8. The molecule has 0 aromatic rings. The third kappa shape index (κ3) is 49.4. The molecule has 0 fully saturated rings. The Labute approximate surface area is 394 Å². The molecule has 0 N–H and O–H groups in total. The summed E-state index contributed by atoms with van der Waals surface area (Å²) in [5, 5.41) is 0. The van der Waals surface area contributed by atoms with Gasteiger partial charge < -0.3 is 27.9 Å². The van der Waals surface area contributed by atoms with E-state index in [1.165, 1.54) is 135 Å². The highest BCUT2D eigenvalue weighted by molar-refractivity contribution is 7.45. The van der Waals surface area contributed by atoms with Crippen molar-refractivity contribution in [1.29, 1.82) is 0 Å². The summed E-state index contributed by atoms with van der Waals surface area (Å²) in [5.74, 6) is -0.827. The Balaban J connectivity index is 4.13. The lowest BCUT2D eigenvalue weighted by Gasteiger charge is -2.28. The lowest BCUT2D eigenvalue weighted by molar-refractivity contribution is -0.870. The molecule has 0 aliphatic rings. The zero-order valence-corrected chi connectivity index (χ0v) is 43.1. The molecule has 64 heavy (non-hydrogen) atoms. The average molecular weight is 922 g/mol. The minimum Gasteiger partial charge on any atom is -0.756 e. The van der Waals surface area contributed by atoms with Crippen LogP contribution in [-0.4, -0.2) is 70.0 Å². The van der Waals surface area contributed by atoms with Crippen LogP contribution in [0.5, 0.6) is 0 Å². The monoisotopic (exact) mass is 922 g/mol. The number of allylic oxidation sites excluding steroid dienone is 8. The van der Waals surface area contributed by atoms with E-state index in [2.05, 4.69) is 62.5 Å². The maximum Gasteiger partial charge on any atom is 0.306 e. The fourth-order valence-electron chi connectivity index (χ4n) is 7.29. The standard InChI is InChI=1S/C54H100NO8P/c1-6-8-10-12-14-16-18-20-21-22-23-24-25-26-27-28-29-30-31-32-33-35-37-39-41-43-45-47-54(57)63-52(51-62-64(58,59)61-49-48-55(3,4)5)50-60-53(56)46-44-42-40-38-36-34-19-17-15-13-11-9-7-2/h8,10,14,16,20-21,23-24,52H,6-7,9,11-13,15,17-19,22,25-51H2,1-5H3/b10-8-,16-14-,21-20-,24-23-. The molecular weight excluding hydrogens is 822 g/mol. The Morgan fingerprint density at radius 2 is 0.891 bits per heavy atom. The molecule has 0 amide bonds. The summed E-state index contributed by atoms with van der Waals surface area (Å²) < 4.78 is 34.0. The van der Waals surface area contributed by atoms with Crippen LogP contribution in [0.4, 0.5) is 0 Å². The van der Waals surface area contributed by atoms with Gasteiger partial charge in [-0.15, -0.1) is 0 Å². The molecule has 0 rings (SSSR count). The van der Waals surface area contributed by atoms with Crippen molar-refractivity contribution in [3.05, 3.63) is 48.6 Å². The minimum atomic E-state index is -4.63. The lowest BCUT2D eigenvalue weighted by Crippen LogP contribution is -2.37. The molecule has 0 spiro atoms. The molecule has 9 nitrogen and oxygen atoms in total. The summed E-state index contributed by atoms with van der Waals surface area (Å²) in [4.78, 5) is 37.7. The molecule has 0 aromatic carbocycles. The predicted molar refractivity (Wildman–Crippen MR) is 268 cm³/mol. The van der Waals surface area contributed by atoms with Crippen LogP contribution < -0.4 is 4.89 Å². The molecule has 0 saturated carbocycles. The Morgan fingerprint density at radius 1 is 0.500 bits per heavy atom. The highest BCUT2D eigenvalue weighted by atomic mass is 31.2. The summed E-state index contributed by atoms with van der Waals surface area (Å²) in [5.41, 5.74) is 0. The number of rotatable bonds is 48. The molecule has 0 aliphatic carbocycles. The number of phosphoric acid groups is 1. The van der Waals surface area contributed by atoms with Gasteiger partial charge in [-0.2, -0.15) is 0 Å². The fourth-order valence-corrected chi connectivity index (χ4v) is 8.02. The summed E-state index contributed by atoms with van der Waals surface area (Å²) in [6.07, 6.45) is 55.7. The van der Waals surface area contributed by atoms with Crippen molar-refractivity contribution in [2.24, 2.45) is 0 Å². The van der Waals surface area contributed by atoms with E-state index in [9.17, 15) is 19.0 Å². The van der Waals surface area contributed by atoms with Crippen molar-refractivity contribution in [2.75, 3.05) is 47.5 Å². The second-order valence-corrected chi connectivity index (χ2v) is 20.3. The highest BCUT2D eigenvalue weighted by Gasteiger charge is 2.21. The van der Waals surface area contributed by atoms with E-state index >= 15 is 0 Å². The first-order chi connectivity index (χ1) is 31.0. The van der Waals surface area contributed by atoms with E-state index in [1.807, 2.05) is 21.1 Å². The average Bonchev–Trinajstić information content (AvgIpc) is 3.25. The van der Waals surface area contributed by atoms with E-state index in [4.69, 9.17) is 18.5 Å². The smallest absolute Gasteiger partial charge is 0.306 e. The van der Waals surface area contributed by atoms with Crippen LogP contribution in [0.2, 0.25) is 0 Å². The highest BCUT2D eigenvalue weighted by Crippen LogP contribution is 2.38. The fraction of sp³-hybridized carbons (Fsp3) is 0.815. The zero-order chi connectivity index (χ0) is 47.1.